The van der Waals surface area contributed by atoms with E-state index in [0.29, 0.717) is 13.1 Å². The standard InChI is InChI=1S/C17H25N3O4/c1-4-12-5-6-13(24-12)7-19-8-14-15(9-19)23-11-17(22)20(14)10-16(21)18(2)3/h5-6,14-15H,4,7-11H2,1-3H3/t14-,15-/m1/s1. The largest absolute Gasteiger partial charge is 0.465 e. The summed E-state index contributed by atoms with van der Waals surface area (Å²) in [6.45, 7) is 4.36. The molecule has 0 aliphatic carbocycles. The molecule has 0 bridgehead atoms. The van der Waals surface area contributed by atoms with Crippen molar-refractivity contribution in [3.63, 3.8) is 0 Å². The number of aryl methyl sites for hydroxylation is 1. The molecule has 3 heterocycles. The van der Waals surface area contributed by atoms with E-state index >= 15 is 0 Å². The van der Waals surface area contributed by atoms with Crippen molar-refractivity contribution in [3.8, 4) is 0 Å². The van der Waals surface area contributed by atoms with Gasteiger partial charge in [0.05, 0.1) is 18.7 Å². The molecule has 2 amide bonds. The average molecular weight is 335 g/mol. The molecule has 132 valence electrons. The second-order valence-electron chi connectivity index (χ2n) is 6.64. The Morgan fingerprint density at radius 1 is 1.29 bits per heavy atom. The highest BCUT2D eigenvalue weighted by molar-refractivity contribution is 5.86. The van der Waals surface area contributed by atoms with E-state index in [1.807, 2.05) is 12.1 Å². The van der Waals surface area contributed by atoms with Crippen LogP contribution in [-0.4, -0.2) is 79.0 Å². The first-order valence-corrected chi connectivity index (χ1v) is 8.39. The van der Waals surface area contributed by atoms with Crippen molar-refractivity contribution >= 4 is 11.8 Å². The number of hydrogen-bond donors (Lipinski definition) is 0. The second-order valence-corrected chi connectivity index (χ2v) is 6.64. The van der Waals surface area contributed by atoms with Crippen LogP contribution in [-0.2, 0) is 27.3 Å². The van der Waals surface area contributed by atoms with Crippen molar-refractivity contribution in [2.75, 3.05) is 40.3 Å². The maximum absolute atomic E-state index is 12.2. The Bertz CT molecular complexity index is 613. The van der Waals surface area contributed by atoms with Gasteiger partial charge in [0.25, 0.3) is 0 Å². The smallest absolute Gasteiger partial charge is 0.249 e. The van der Waals surface area contributed by atoms with Crippen LogP contribution in [0.3, 0.4) is 0 Å². The van der Waals surface area contributed by atoms with Gasteiger partial charge in [-0.05, 0) is 12.1 Å². The molecule has 0 spiro atoms. The van der Waals surface area contributed by atoms with Gasteiger partial charge in [0.2, 0.25) is 11.8 Å². The number of nitrogens with zero attached hydrogens (tertiary/aromatic N) is 3. The molecular weight excluding hydrogens is 310 g/mol. The normalized spacial score (nSPS) is 24.3. The molecule has 7 heteroatoms. The van der Waals surface area contributed by atoms with Crippen LogP contribution in [0.25, 0.3) is 0 Å². The molecule has 24 heavy (non-hydrogen) atoms. The predicted molar refractivity (Wildman–Crippen MR) is 87.3 cm³/mol. The van der Waals surface area contributed by atoms with Gasteiger partial charge >= 0.3 is 0 Å². The van der Waals surface area contributed by atoms with Crippen molar-refractivity contribution < 1.29 is 18.7 Å². The Hall–Kier alpha value is -1.86. The maximum atomic E-state index is 12.2. The van der Waals surface area contributed by atoms with Gasteiger partial charge in [-0.2, -0.15) is 0 Å². The number of furan rings is 1. The summed E-state index contributed by atoms with van der Waals surface area (Å²) in [4.78, 5) is 29.6. The van der Waals surface area contributed by atoms with Crippen molar-refractivity contribution in [3.05, 3.63) is 23.7 Å². The van der Waals surface area contributed by atoms with E-state index in [-0.39, 0.29) is 37.1 Å². The first-order valence-electron chi connectivity index (χ1n) is 8.39. The quantitative estimate of drug-likeness (QED) is 0.776. The summed E-state index contributed by atoms with van der Waals surface area (Å²) in [5.41, 5.74) is 0. The van der Waals surface area contributed by atoms with Gasteiger partial charge in [-0.3, -0.25) is 14.5 Å². The summed E-state index contributed by atoms with van der Waals surface area (Å²) in [6.07, 6.45) is 0.835. The lowest BCUT2D eigenvalue weighted by Crippen LogP contribution is -2.56. The monoisotopic (exact) mass is 335 g/mol. The summed E-state index contributed by atoms with van der Waals surface area (Å²) in [7, 11) is 3.40. The summed E-state index contributed by atoms with van der Waals surface area (Å²) < 4.78 is 11.5. The third-order valence-electron chi connectivity index (χ3n) is 4.70. The van der Waals surface area contributed by atoms with Crippen LogP contribution < -0.4 is 0 Å². The number of carbonyl (C=O) groups is 2. The molecule has 2 aliphatic rings. The van der Waals surface area contributed by atoms with Crippen LogP contribution in [0.5, 0.6) is 0 Å². The van der Waals surface area contributed by atoms with Gasteiger partial charge in [0.15, 0.2) is 0 Å². The van der Waals surface area contributed by atoms with Crippen LogP contribution in [0.2, 0.25) is 0 Å². The molecule has 1 aromatic heterocycles. The summed E-state index contributed by atoms with van der Waals surface area (Å²) >= 11 is 0. The van der Waals surface area contributed by atoms with Gasteiger partial charge in [-0.1, -0.05) is 6.92 Å². The lowest BCUT2D eigenvalue weighted by molar-refractivity contribution is -0.156. The van der Waals surface area contributed by atoms with Crippen LogP contribution in [0, 0.1) is 0 Å². The number of likely N-dealkylation sites (N-methyl/N-ethyl adjacent to an activating group) is 1. The molecular formula is C17H25N3O4. The van der Waals surface area contributed by atoms with Gasteiger partial charge in [-0.25, -0.2) is 0 Å². The van der Waals surface area contributed by atoms with Crippen molar-refractivity contribution in [2.45, 2.75) is 32.0 Å². The molecule has 0 unspecified atom stereocenters. The van der Waals surface area contributed by atoms with Crippen molar-refractivity contribution in [2.24, 2.45) is 0 Å². The van der Waals surface area contributed by atoms with Crippen LogP contribution >= 0.6 is 0 Å². The molecule has 1 aromatic rings. The van der Waals surface area contributed by atoms with E-state index in [4.69, 9.17) is 9.15 Å². The fourth-order valence-corrected chi connectivity index (χ4v) is 3.28. The molecule has 2 atom stereocenters. The molecule has 0 N–H and O–H groups in total. The van der Waals surface area contributed by atoms with E-state index < -0.39 is 0 Å². The Balaban J connectivity index is 1.65. The lowest BCUT2D eigenvalue weighted by Gasteiger charge is -2.36. The third kappa shape index (κ3) is 3.47. The fourth-order valence-electron chi connectivity index (χ4n) is 3.28. The minimum absolute atomic E-state index is 0.0433. The summed E-state index contributed by atoms with van der Waals surface area (Å²) in [5, 5.41) is 0. The summed E-state index contributed by atoms with van der Waals surface area (Å²) in [5.74, 6) is 1.72. The van der Waals surface area contributed by atoms with Crippen molar-refractivity contribution in [1.82, 2.24) is 14.7 Å². The number of carbonyl (C=O) groups excluding carboxylic acids is 2. The first-order chi connectivity index (χ1) is 11.5. The highest BCUT2D eigenvalue weighted by atomic mass is 16.5. The lowest BCUT2D eigenvalue weighted by atomic mass is 10.1. The zero-order valence-electron chi connectivity index (χ0n) is 14.5. The topological polar surface area (TPSA) is 66.2 Å². The molecule has 0 saturated carbocycles. The average Bonchev–Trinajstić information content (AvgIpc) is 3.16. The number of rotatable bonds is 5. The predicted octanol–water partition coefficient (Wildman–Crippen LogP) is 0.342. The van der Waals surface area contributed by atoms with E-state index in [1.54, 1.807) is 19.0 Å². The van der Waals surface area contributed by atoms with Crippen LogP contribution in [0.4, 0.5) is 0 Å². The molecule has 7 nitrogen and oxygen atoms in total. The van der Waals surface area contributed by atoms with E-state index in [2.05, 4.69) is 11.8 Å². The Labute approximate surface area is 142 Å². The molecule has 2 saturated heterocycles. The number of likely N-dealkylation sites (tertiary alicyclic amines) is 1. The van der Waals surface area contributed by atoms with E-state index in [1.165, 1.54) is 4.90 Å². The number of amides is 2. The maximum Gasteiger partial charge on any atom is 0.249 e. The van der Waals surface area contributed by atoms with Gasteiger partial charge in [0.1, 0.15) is 24.7 Å². The molecule has 3 rings (SSSR count). The van der Waals surface area contributed by atoms with Gasteiger partial charge < -0.3 is 19.0 Å². The first kappa shape index (κ1) is 17.0. The van der Waals surface area contributed by atoms with Gasteiger partial charge in [0, 0.05) is 33.6 Å². The minimum Gasteiger partial charge on any atom is -0.465 e. The van der Waals surface area contributed by atoms with Gasteiger partial charge in [-0.15, -0.1) is 0 Å². The third-order valence-corrected chi connectivity index (χ3v) is 4.70. The fraction of sp³-hybridized carbons (Fsp3) is 0.647. The number of ether oxygens (including phenoxy) is 1. The highest BCUT2D eigenvalue weighted by Gasteiger charge is 2.43. The van der Waals surface area contributed by atoms with Crippen LogP contribution in [0.1, 0.15) is 18.4 Å². The number of morpholine rings is 1. The van der Waals surface area contributed by atoms with Crippen molar-refractivity contribution in [1.29, 1.82) is 0 Å². The molecule has 0 radical (unpaired) electrons. The van der Waals surface area contributed by atoms with Crippen LogP contribution in [0.15, 0.2) is 16.5 Å². The zero-order chi connectivity index (χ0) is 17.3. The van der Waals surface area contributed by atoms with E-state index in [0.717, 1.165) is 24.5 Å². The highest BCUT2D eigenvalue weighted by Crippen LogP contribution is 2.25. The Morgan fingerprint density at radius 3 is 2.71 bits per heavy atom. The molecule has 0 aromatic carbocycles. The SMILES string of the molecule is CCc1ccc(CN2C[C@@H]3[C@@H](C2)OCC(=O)N3CC(=O)N(C)C)o1. The Kier molecular flexibility index (Phi) is 4.91. The summed E-state index contributed by atoms with van der Waals surface area (Å²) in [6, 6.07) is 3.93. The number of hydrogen-bond acceptors (Lipinski definition) is 5. The number of fused-ring (bicyclic) bond motifs is 1. The second kappa shape index (κ2) is 6.94. The van der Waals surface area contributed by atoms with E-state index in [9.17, 15) is 9.59 Å². The minimum atomic E-state index is -0.112. The zero-order valence-corrected chi connectivity index (χ0v) is 14.5. The molecule has 2 fully saturated rings. The molecule has 2 aliphatic heterocycles. The Morgan fingerprint density at radius 2 is 2.04 bits per heavy atom.